The quantitative estimate of drug-likeness (QED) is 0.297. The lowest BCUT2D eigenvalue weighted by Crippen LogP contribution is -2.12. The van der Waals surface area contributed by atoms with Crippen LogP contribution < -0.4 is 4.18 Å². The van der Waals surface area contributed by atoms with Gasteiger partial charge in [0.05, 0.1) is 0 Å². The van der Waals surface area contributed by atoms with Gasteiger partial charge in [-0.25, -0.2) is 0 Å². The van der Waals surface area contributed by atoms with Crippen LogP contribution in [0.4, 0.5) is 0 Å². The molecule has 0 aliphatic carbocycles. The molecule has 4 aromatic rings. The van der Waals surface area contributed by atoms with E-state index in [0.717, 1.165) is 33.4 Å². The Bertz CT molecular complexity index is 1280. The lowest BCUT2D eigenvalue weighted by molar-refractivity contribution is 0.484. The largest absolute Gasteiger partial charge is 0.378 e. The standard InChI is InChI=1S/C27H24O3S.H2S/c1-3-21-16-19-25(22-10-6-4-7-11-22)26(23-12-8-5-9-13-23)27(21)30-31(28,29)24-17-14-20(2)15-18-24;/h4-19H,3H2,1-2H3;1H2. The topological polar surface area (TPSA) is 43.4 Å². The van der Waals surface area contributed by atoms with Gasteiger partial charge in [0.25, 0.3) is 0 Å². The second-order valence-electron chi connectivity index (χ2n) is 7.41. The molecule has 4 rings (SSSR count). The van der Waals surface area contributed by atoms with Gasteiger partial charge in [0.2, 0.25) is 0 Å². The molecule has 0 bridgehead atoms. The van der Waals surface area contributed by atoms with E-state index in [1.807, 2.05) is 86.6 Å². The monoisotopic (exact) mass is 462 g/mol. The van der Waals surface area contributed by atoms with E-state index in [4.69, 9.17) is 4.18 Å². The molecule has 3 nitrogen and oxygen atoms in total. The highest BCUT2D eigenvalue weighted by atomic mass is 32.2. The maximum atomic E-state index is 13.2. The third-order valence-electron chi connectivity index (χ3n) is 5.27. The lowest BCUT2D eigenvalue weighted by atomic mass is 9.91. The van der Waals surface area contributed by atoms with Crippen molar-refractivity contribution in [2.45, 2.75) is 25.2 Å². The molecule has 0 radical (unpaired) electrons. The first-order chi connectivity index (χ1) is 15.0. The number of benzene rings is 4. The third kappa shape index (κ3) is 4.90. The second-order valence-corrected chi connectivity index (χ2v) is 8.96. The van der Waals surface area contributed by atoms with Crippen molar-refractivity contribution in [2.24, 2.45) is 0 Å². The van der Waals surface area contributed by atoms with Gasteiger partial charge in [0.15, 0.2) is 5.75 Å². The lowest BCUT2D eigenvalue weighted by Gasteiger charge is -2.19. The highest BCUT2D eigenvalue weighted by Crippen LogP contribution is 2.42. The molecule has 0 atom stereocenters. The number of aryl methyl sites for hydroxylation is 2. The van der Waals surface area contributed by atoms with Gasteiger partial charge in [0, 0.05) is 5.56 Å². The fourth-order valence-corrected chi connectivity index (χ4v) is 4.59. The molecule has 0 saturated heterocycles. The van der Waals surface area contributed by atoms with E-state index in [2.05, 4.69) is 0 Å². The maximum absolute atomic E-state index is 13.2. The molecule has 164 valence electrons. The average Bonchev–Trinajstić information content (AvgIpc) is 2.80. The summed E-state index contributed by atoms with van der Waals surface area (Å²) in [5.74, 6) is 0.385. The summed E-state index contributed by atoms with van der Waals surface area (Å²) < 4.78 is 32.3. The maximum Gasteiger partial charge on any atom is 0.339 e. The van der Waals surface area contributed by atoms with E-state index >= 15 is 0 Å². The zero-order chi connectivity index (χ0) is 21.8. The van der Waals surface area contributed by atoms with Gasteiger partial charge in [-0.3, -0.25) is 0 Å². The van der Waals surface area contributed by atoms with Gasteiger partial charge < -0.3 is 4.18 Å². The zero-order valence-electron chi connectivity index (χ0n) is 18.1. The van der Waals surface area contributed by atoms with Crippen LogP contribution in [-0.4, -0.2) is 8.42 Å². The van der Waals surface area contributed by atoms with Crippen molar-refractivity contribution in [1.82, 2.24) is 0 Å². The Morgan fingerprint density at radius 2 is 1.28 bits per heavy atom. The molecule has 0 fully saturated rings. The number of rotatable bonds is 6. The van der Waals surface area contributed by atoms with Crippen molar-refractivity contribution in [3.8, 4) is 28.0 Å². The second kappa shape index (κ2) is 10.1. The minimum absolute atomic E-state index is 0. The molecular weight excluding hydrogens is 436 g/mol. The van der Waals surface area contributed by atoms with Crippen LogP contribution in [0.25, 0.3) is 22.3 Å². The first-order valence-corrected chi connectivity index (χ1v) is 11.7. The molecular formula is C27H26O3S2. The highest BCUT2D eigenvalue weighted by Gasteiger charge is 2.24. The smallest absolute Gasteiger partial charge is 0.339 e. The molecule has 0 amide bonds. The van der Waals surface area contributed by atoms with Crippen molar-refractivity contribution in [3.05, 3.63) is 108 Å². The Morgan fingerprint density at radius 1 is 0.719 bits per heavy atom. The van der Waals surface area contributed by atoms with E-state index < -0.39 is 10.1 Å². The van der Waals surface area contributed by atoms with E-state index in [-0.39, 0.29) is 18.4 Å². The van der Waals surface area contributed by atoms with Crippen LogP contribution in [0.5, 0.6) is 5.75 Å². The van der Waals surface area contributed by atoms with Crippen molar-refractivity contribution >= 4 is 23.6 Å². The molecule has 0 unspecified atom stereocenters. The van der Waals surface area contributed by atoms with Gasteiger partial charge in [-0.1, -0.05) is 97.4 Å². The molecule has 0 saturated carbocycles. The minimum Gasteiger partial charge on any atom is -0.378 e. The van der Waals surface area contributed by atoms with Crippen molar-refractivity contribution < 1.29 is 12.6 Å². The molecule has 5 heteroatoms. The molecule has 32 heavy (non-hydrogen) atoms. The summed E-state index contributed by atoms with van der Waals surface area (Å²) >= 11 is 0. The average molecular weight is 463 g/mol. The van der Waals surface area contributed by atoms with Gasteiger partial charge >= 0.3 is 10.1 Å². The first kappa shape index (κ1) is 23.6. The fourth-order valence-electron chi connectivity index (χ4n) is 3.61. The van der Waals surface area contributed by atoms with E-state index in [9.17, 15) is 8.42 Å². The van der Waals surface area contributed by atoms with Gasteiger partial charge in [0.1, 0.15) is 4.90 Å². The van der Waals surface area contributed by atoms with Crippen LogP contribution in [0.1, 0.15) is 18.1 Å². The van der Waals surface area contributed by atoms with Gasteiger partial charge in [-0.05, 0) is 47.7 Å². The summed E-state index contributed by atoms with van der Waals surface area (Å²) in [5.41, 5.74) is 5.45. The Hall–Kier alpha value is -3.02. The summed E-state index contributed by atoms with van der Waals surface area (Å²) in [4.78, 5) is 0.143. The van der Waals surface area contributed by atoms with Crippen LogP contribution in [0, 0.1) is 6.92 Å². The summed E-state index contributed by atoms with van der Waals surface area (Å²) in [6.07, 6.45) is 0.646. The van der Waals surface area contributed by atoms with Crippen LogP contribution >= 0.6 is 13.5 Å². The minimum atomic E-state index is -3.99. The zero-order valence-corrected chi connectivity index (χ0v) is 19.9. The number of hydrogen-bond acceptors (Lipinski definition) is 3. The Labute approximate surface area is 197 Å². The summed E-state index contributed by atoms with van der Waals surface area (Å²) in [5, 5.41) is 0. The normalized spacial score (nSPS) is 10.9. The molecule has 0 aliphatic rings. The van der Waals surface area contributed by atoms with E-state index in [1.165, 1.54) is 0 Å². The SMILES string of the molecule is CCc1ccc(-c2ccccc2)c(-c2ccccc2)c1OS(=O)(=O)c1ccc(C)cc1.S. The van der Waals surface area contributed by atoms with Crippen molar-refractivity contribution in [1.29, 1.82) is 0 Å². The Kier molecular flexibility index (Phi) is 7.44. The summed E-state index contributed by atoms with van der Waals surface area (Å²) in [6.45, 7) is 3.92. The van der Waals surface area contributed by atoms with E-state index in [0.29, 0.717) is 12.2 Å². The Morgan fingerprint density at radius 3 is 1.84 bits per heavy atom. The number of hydrogen-bond donors (Lipinski definition) is 0. The Balaban J connectivity index is 0.00000289. The van der Waals surface area contributed by atoms with E-state index in [1.54, 1.807) is 24.3 Å². The molecule has 4 aromatic carbocycles. The van der Waals surface area contributed by atoms with Crippen LogP contribution in [0.15, 0.2) is 102 Å². The van der Waals surface area contributed by atoms with Gasteiger partial charge in [-0.15, -0.1) is 0 Å². The predicted octanol–water partition coefficient (Wildman–Crippen LogP) is 6.77. The molecule has 0 spiro atoms. The third-order valence-corrected chi connectivity index (χ3v) is 6.51. The predicted molar refractivity (Wildman–Crippen MR) is 136 cm³/mol. The van der Waals surface area contributed by atoms with Crippen LogP contribution in [-0.2, 0) is 16.5 Å². The van der Waals surface area contributed by atoms with Crippen molar-refractivity contribution in [3.63, 3.8) is 0 Å². The molecule has 0 aliphatic heterocycles. The molecule has 0 N–H and O–H groups in total. The first-order valence-electron chi connectivity index (χ1n) is 10.3. The van der Waals surface area contributed by atoms with Crippen LogP contribution in [0.3, 0.4) is 0 Å². The fraction of sp³-hybridized carbons (Fsp3) is 0.111. The van der Waals surface area contributed by atoms with Crippen molar-refractivity contribution in [2.75, 3.05) is 0 Å². The van der Waals surface area contributed by atoms with Gasteiger partial charge in [-0.2, -0.15) is 21.9 Å². The molecule has 0 heterocycles. The van der Waals surface area contributed by atoms with Crippen LogP contribution in [0.2, 0.25) is 0 Å². The highest BCUT2D eigenvalue weighted by molar-refractivity contribution is 7.87. The summed E-state index contributed by atoms with van der Waals surface area (Å²) in [7, 11) is -3.99. The molecule has 0 aromatic heterocycles. The summed E-state index contributed by atoms with van der Waals surface area (Å²) in [6, 6.07) is 30.5.